The fraction of sp³-hybridized carbons (Fsp3) is 0.304. The molecule has 1 aromatic heterocycles. The summed E-state index contributed by atoms with van der Waals surface area (Å²) in [4.78, 5) is 14.6. The van der Waals surface area contributed by atoms with Gasteiger partial charge in [0.25, 0.3) is 5.91 Å². The van der Waals surface area contributed by atoms with E-state index in [0.717, 1.165) is 27.0 Å². The molecule has 0 aliphatic rings. The van der Waals surface area contributed by atoms with Crippen LogP contribution in [0.1, 0.15) is 32.9 Å². The second-order valence-electron chi connectivity index (χ2n) is 7.07. The van der Waals surface area contributed by atoms with Crippen molar-refractivity contribution in [2.24, 2.45) is 0 Å². The summed E-state index contributed by atoms with van der Waals surface area (Å²) < 4.78 is 22.8. The van der Waals surface area contributed by atoms with Crippen LogP contribution in [0.3, 0.4) is 0 Å². The molecule has 3 rings (SSSR count). The Labute approximate surface area is 190 Å². The maximum atomic E-state index is 13.0. The van der Waals surface area contributed by atoms with Crippen molar-refractivity contribution >= 4 is 21.8 Å². The molecule has 2 aromatic carbocycles. The summed E-state index contributed by atoms with van der Waals surface area (Å²) in [5.74, 6) is 2.32. The molecule has 0 N–H and O–H groups in total. The van der Waals surface area contributed by atoms with Crippen molar-refractivity contribution in [2.75, 3.05) is 21.3 Å². The molecule has 7 nitrogen and oxygen atoms in total. The van der Waals surface area contributed by atoms with Crippen LogP contribution in [-0.2, 0) is 13.2 Å². The lowest BCUT2D eigenvalue weighted by molar-refractivity contribution is 0.0783. The number of nitrogens with zero attached hydrogens (tertiary/aromatic N) is 2. The Morgan fingerprint density at radius 1 is 1.06 bits per heavy atom. The Kier molecular flexibility index (Phi) is 7.22. The van der Waals surface area contributed by atoms with Crippen molar-refractivity contribution in [3.63, 3.8) is 0 Å². The standard InChI is InChI=1S/C23H25BrN2O5/c1-14-19(15(2)31-25-14)13-30-21-8-6-16(11-22(21)29-5)23(27)26(3)12-17-10-18(24)7-9-20(17)28-4/h6-11H,12-13H2,1-5H3. The van der Waals surface area contributed by atoms with Gasteiger partial charge in [-0.1, -0.05) is 21.1 Å². The van der Waals surface area contributed by atoms with Gasteiger partial charge in [-0.25, -0.2) is 0 Å². The zero-order chi connectivity index (χ0) is 22.5. The van der Waals surface area contributed by atoms with Gasteiger partial charge in [-0.3, -0.25) is 4.79 Å². The van der Waals surface area contributed by atoms with Gasteiger partial charge in [0.05, 0.1) is 25.5 Å². The van der Waals surface area contributed by atoms with Gasteiger partial charge in [0.15, 0.2) is 11.5 Å². The van der Waals surface area contributed by atoms with E-state index in [1.807, 2.05) is 32.0 Å². The molecule has 1 amide bonds. The molecule has 0 spiro atoms. The third kappa shape index (κ3) is 5.19. The minimum atomic E-state index is -0.141. The molecular formula is C23H25BrN2O5. The fourth-order valence-electron chi connectivity index (χ4n) is 3.20. The van der Waals surface area contributed by atoms with Crippen LogP contribution in [0.25, 0.3) is 0 Å². The van der Waals surface area contributed by atoms with Crippen LogP contribution in [0.4, 0.5) is 0 Å². The number of carbonyl (C=O) groups is 1. The number of rotatable bonds is 8. The summed E-state index contributed by atoms with van der Waals surface area (Å²) in [6.07, 6.45) is 0. The third-order valence-electron chi connectivity index (χ3n) is 4.96. The Balaban J connectivity index is 1.75. The quantitative estimate of drug-likeness (QED) is 0.447. The zero-order valence-corrected chi connectivity index (χ0v) is 19.8. The molecule has 1 heterocycles. The smallest absolute Gasteiger partial charge is 0.254 e. The summed E-state index contributed by atoms with van der Waals surface area (Å²) in [7, 11) is 4.90. The minimum absolute atomic E-state index is 0.141. The fourth-order valence-corrected chi connectivity index (χ4v) is 3.60. The van der Waals surface area contributed by atoms with Gasteiger partial charge >= 0.3 is 0 Å². The lowest BCUT2D eigenvalue weighted by Crippen LogP contribution is -2.26. The maximum Gasteiger partial charge on any atom is 0.254 e. The summed E-state index contributed by atoms with van der Waals surface area (Å²) in [5.41, 5.74) is 3.08. The van der Waals surface area contributed by atoms with Crippen LogP contribution < -0.4 is 14.2 Å². The molecule has 0 radical (unpaired) electrons. The topological polar surface area (TPSA) is 74.0 Å². The minimum Gasteiger partial charge on any atom is -0.496 e. The molecule has 164 valence electrons. The molecule has 0 bridgehead atoms. The molecular weight excluding hydrogens is 464 g/mol. The molecule has 0 unspecified atom stereocenters. The van der Waals surface area contributed by atoms with Gasteiger partial charge in [-0.2, -0.15) is 0 Å². The van der Waals surface area contributed by atoms with Crippen LogP contribution in [0.15, 0.2) is 45.4 Å². The first kappa shape index (κ1) is 22.7. The van der Waals surface area contributed by atoms with E-state index in [1.165, 1.54) is 0 Å². The number of hydrogen-bond acceptors (Lipinski definition) is 6. The van der Waals surface area contributed by atoms with Crippen molar-refractivity contribution in [1.82, 2.24) is 10.1 Å². The molecule has 8 heteroatoms. The lowest BCUT2D eigenvalue weighted by Gasteiger charge is -2.20. The van der Waals surface area contributed by atoms with Gasteiger partial charge in [0, 0.05) is 29.2 Å². The number of aromatic nitrogens is 1. The normalized spacial score (nSPS) is 10.6. The highest BCUT2D eigenvalue weighted by molar-refractivity contribution is 9.10. The van der Waals surface area contributed by atoms with E-state index >= 15 is 0 Å². The van der Waals surface area contributed by atoms with Gasteiger partial charge in [-0.05, 0) is 50.2 Å². The summed E-state index contributed by atoms with van der Waals surface area (Å²) >= 11 is 3.46. The second kappa shape index (κ2) is 9.87. The molecule has 0 aliphatic carbocycles. The van der Waals surface area contributed by atoms with Crippen molar-refractivity contribution in [1.29, 1.82) is 0 Å². The molecule has 31 heavy (non-hydrogen) atoms. The zero-order valence-electron chi connectivity index (χ0n) is 18.2. The molecule has 0 atom stereocenters. The van der Waals surface area contributed by atoms with Crippen molar-refractivity contribution in [3.8, 4) is 17.2 Å². The Hall–Kier alpha value is -3.00. The van der Waals surface area contributed by atoms with Crippen LogP contribution in [-0.4, -0.2) is 37.2 Å². The number of aryl methyl sites for hydroxylation is 2. The van der Waals surface area contributed by atoms with Crippen molar-refractivity contribution < 1.29 is 23.5 Å². The first-order chi connectivity index (χ1) is 14.8. The Bertz CT molecular complexity index is 1060. The van der Waals surface area contributed by atoms with Crippen LogP contribution in [0, 0.1) is 13.8 Å². The largest absolute Gasteiger partial charge is 0.496 e. The highest BCUT2D eigenvalue weighted by atomic mass is 79.9. The summed E-state index contributed by atoms with van der Waals surface area (Å²) in [6, 6.07) is 10.8. The van der Waals surface area contributed by atoms with E-state index in [-0.39, 0.29) is 5.91 Å². The second-order valence-corrected chi connectivity index (χ2v) is 7.99. The van der Waals surface area contributed by atoms with Gasteiger partial charge in [-0.15, -0.1) is 0 Å². The summed E-state index contributed by atoms with van der Waals surface area (Å²) in [5, 5.41) is 3.93. The molecule has 0 saturated carbocycles. The molecule has 3 aromatic rings. The number of carbonyl (C=O) groups excluding carboxylic acids is 1. The number of methoxy groups -OCH3 is 2. The third-order valence-corrected chi connectivity index (χ3v) is 5.45. The van der Waals surface area contributed by atoms with Crippen molar-refractivity contribution in [2.45, 2.75) is 27.0 Å². The van der Waals surface area contributed by atoms with E-state index in [2.05, 4.69) is 21.1 Å². The van der Waals surface area contributed by atoms with E-state index in [9.17, 15) is 4.79 Å². The number of amides is 1. The van der Waals surface area contributed by atoms with E-state index in [4.69, 9.17) is 18.7 Å². The number of hydrogen-bond donors (Lipinski definition) is 0. The van der Waals surface area contributed by atoms with Gasteiger partial charge in [0.1, 0.15) is 18.1 Å². The number of halogens is 1. The van der Waals surface area contributed by atoms with Gasteiger partial charge in [0.2, 0.25) is 0 Å². The average molecular weight is 489 g/mol. The molecule has 0 saturated heterocycles. The predicted octanol–water partition coefficient (Wildman–Crippen LogP) is 4.92. The predicted molar refractivity (Wildman–Crippen MR) is 120 cm³/mol. The first-order valence-corrected chi connectivity index (χ1v) is 10.4. The SMILES string of the molecule is COc1ccc(Br)cc1CN(C)C(=O)c1ccc(OCc2c(C)noc2C)c(OC)c1. The van der Waals surface area contributed by atoms with Crippen LogP contribution in [0.2, 0.25) is 0 Å². The monoisotopic (exact) mass is 488 g/mol. The van der Waals surface area contributed by atoms with Crippen LogP contribution in [0.5, 0.6) is 17.2 Å². The van der Waals surface area contributed by atoms with Crippen molar-refractivity contribution in [3.05, 3.63) is 69.0 Å². The van der Waals surface area contributed by atoms with E-state index < -0.39 is 0 Å². The molecule has 0 fully saturated rings. The van der Waals surface area contributed by atoms with E-state index in [1.54, 1.807) is 44.4 Å². The Morgan fingerprint density at radius 3 is 2.42 bits per heavy atom. The Morgan fingerprint density at radius 2 is 1.77 bits per heavy atom. The highest BCUT2D eigenvalue weighted by Crippen LogP contribution is 2.30. The molecule has 0 aliphatic heterocycles. The van der Waals surface area contributed by atoms with E-state index in [0.29, 0.717) is 36.0 Å². The lowest BCUT2D eigenvalue weighted by atomic mass is 10.1. The average Bonchev–Trinajstić information content (AvgIpc) is 3.09. The number of benzene rings is 2. The maximum absolute atomic E-state index is 13.0. The highest BCUT2D eigenvalue weighted by Gasteiger charge is 2.18. The van der Waals surface area contributed by atoms with Gasteiger partial charge < -0.3 is 23.6 Å². The van der Waals surface area contributed by atoms with Crippen LogP contribution >= 0.6 is 15.9 Å². The first-order valence-electron chi connectivity index (χ1n) is 9.64. The number of ether oxygens (including phenoxy) is 3. The summed E-state index contributed by atoms with van der Waals surface area (Å²) in [6.45, 7) is 4.40.